The van der Waals surface area contributed by atoms with Crippen LogP contribution >= 0.6 is 11.3 Å². The van der Waals surface area contributed by atoms with Crippen LogP contribution in [0.25, 0.3) is 0 Å². The smallest absolute Gasteiger partial charge is 0.253 e. The number of nitrogens with zero attached hydrogens (tertiary/aromatic N) is 2. The van der Waals surface area contributed by atoms with Gasteiger partial charge in [-0.05, 0) is 60.7 Å². The fourth-order valence-electron chi connectivity index (χ4n) is 4.88. The number of hydrogen-bond donors (Lipinski definition) is 0. The van der Waals surface area contributed by atoms with Crippen molar-refractivity contribution in [2.45, 2.75) is 33.2 Å². The van der Waals surface area contributed by atoms with Crippen molar-refractivity contribution in [2.75, 3.05) is 26.2 Å². The second kappa shape index (κ2) is 10.6. The van der Waals surface area contributed by atoms with Gasteiger partial charge in [-0.3, -0.25) is 9.69 Å². The Morgan fingerprint density at radius 2 is 1.79 bits per heavy atom. The van der Waals surface area contributed by atoms with Crippen molar-refractivity contribution in [1.82, 2.24) is 9.80 Å². The van der Waals surface area contributed by atoms with Crippen molar-refractivity contribution >= 4 is 17.2 Å². The number of aryl methyl sites for hydroxylation is 1. The number of benzene rings is 2. The highest BCUT2D eigenvalue weighted by Crippen LogP contribution is 2.35. The Bertz CT molecular complexity index is 1050. The molecule has 0 aliphatic carbocycles. The average molecular weight is 465 g/mol. The third-order valence-electron chi connectivity index (χ3n) is 6.34. The predicted octanol–water partition coefficient (Wildman–Crippen LogP) is 6.21. The Morgan fingerprint density at radius 3 is 2.42 bits per heavy atom. The van der Waals surface area contributed by atoms with Gasteiger partial charge in [-0.25, -0.2) is 4.39 Å². The third kappa shape index (κ3) is 6.10. The van der Waals surface area contributed by atoms with Crippen molar-refractivity contribution in [3.63, 3.8) is 0 Å². The number of likely N-dealkylation sites (tertiary alicyclic amines) is 1. The van der Waals surface area contributed by atoms with Gasteiger partial charge >= 0.3 is 0 Å². The Hall–Kier alpha value is -2.50. The molecule has 2 heterocycles. The molecule has 3 aromatic rings. The third-order valence-corrected chi connectivity index (χ3v) is 7.32. The Morgan fingerprint density at radius 1 is 1.06 bits per heavy atom. The highest BCUT2D eigenvalue weighted by atomic mass is 32.1. The van der Waals surface area contributed by atoms with Gasteiger partial charge < -0.3 is 4.90 Å². The molecule has 4 rings (SSSR count). The van der Waals surface area contributed by atoms with Crippen molar-refractivity contribution < 1.29 is 9.18 Å². The first-order valence-corrected chi connectivity index (χ1v) is 12.6. The number of halogens is 1. The molecular weight excluding hydrogens is 431 g/mol. The lowest BCUT2D eigenvalue weighted by molar-refractivity contribution is 0.0703. The minimum absolute atomic E-state index is 0.0921. The molecule has 2 atom stereocenters. The molecule has 0 N–H and O–H groups in total. The highest BCUT2D eigenvalue weighted by molar-refractivity contribution is 7.11. The molecule has 0 saturated carbocycles. The molecule has 2 aromatic carbocycles. The minimum atomic E-state index is -0.208. The van der Waals surface area contributed by atoms with Crippen LogP contribution in [0, 0.1) is 24.6 Å². The molecule has 174 valence electrons. The van der Waals surface area contributed by atoms with Crippen molar-refractivity contribution in [1.29, 1.82) is 0 Å². The standard InChI is InChI=1S/C28H33FN2OS/c1-20(2)15-31(28(32)23-7-5-4-6-8-23)17-24-16-30(18-26-14-9-21(3)33-26)19-27(24)22-10-12-25(29)13-11-22/h4-14,20,24,27H,15-19H2,1-3H3/t24-,27+/m1/s1. The zero-order valence-corrected chi connectivity index (χ0v) is 20.5. The van der Waals surface area contributed by atoms with Crippen LogP contribution in [0.3, 0.4) is 0 Å². The lowest BCUT2D eigenvalue weighted by Crippen LogP contribution is -2.39. The van der Waals surface area contributed by atoms with E-state index in [9.17, 15) is 9.18 Å². The SMILES string of the molecule is Cc1ccc(CN2C[C@H](CN(CC(C)C)C(=O)c3ccccc3)[C@H](c3ccc(F)cc3)C2)s1. The molecule has 0 bridgehead atoms. The van der Waals surface area contributed by atoms with E-state index in [0.717, 1.165) is 37.3 Å². The van der Waals surface area contributed by atoms with E-state index in [1.165, 1.54) is 9.75 Å². The van der Waals surface area contributed by atoms with Gasteiger partial charge in [0.25, 0.3) is 5.91 Å². The lowest BCUT2D eigenvalue weighted by atomic mass is 9.88. The second-order valence-corrected chi connectivity index (χ2v) is 11.0. The van der Waals surface area contributed by atoms with Gasteiger partial charge in [0.15, 0.2) is 0 Å². The number of hydrogen-bond acceptors (Lipinski definition) is 3. The van der Waals surface area contributed by atoms with E-state index in [4.69, 9.17) is 0 Å². The normalized spacial score (nSPS) is 18.7. The summed E-state index contributed by atoms with van der Waals surface area (Å²) in [4.78, 5) is 20.6. The number of amides is 1. The van der Waals surface area contributed by atoms with Gasteiger partial charge in [0, 0.05) is 54.0 Å². The Labute approximate surface area is 200 Å². The molecule has 33 heavy (non-hydrogen) atoms. The average Bonchev–Trinajstić information content (AvgIpc) is 3.39. The maximum Gasteiger partial charge on any atom is 0.253 e. The van der Waals surface area contributed by atoms with Crippen LogP contribution in [-0.4, -0.2) is 41.9 Å². The maximum atomic E-state index is 13.6. The van der Waals surface area contributed by atoms with Crippen molar-refractivity contribution in [3.05, 3.63) is 93.4 Å². The van der Waals surface area contributed by atoms with Gasteiger partial charge in [-0.2, -0.15) is 0 Å². The zero-order valence-electron chi connectivity index (χ0n) is 19.7. The summed E-state index contributed by atoms with van der Waals surface area (Å²) in [5.41, 5.74) is 1.89. The number of thiophene rings is 1. The van der Waals surface area contributed by atoms with Crippen LogP contribution in [-0.2, 0) is 6.54 Å². The highest BCUT2D eigenvalue weighted by Gasteiger charge is 2.36. The fraction of sp³-hybridized carbons (Fsp3) is 0.393. The van der Waals surface area contributed by atoms with Crippen LogP contribution < -0.4 is 0 Å². The zero-order chi connectivity index (χ0) is 23.4. The molecule has 1 amide bonds. The summed E-state index contributed by atoms with van der Waals surface area (Å²) in [5.74, 6) is 0.829. The second-order valence-electron chi connectivity index (χ2n) is 9.59. The van der Waals surface area contributed by atoms with Crippen LogP contribution in [0.4, 0.5) is 4.39 Å². The summed E-state index contributed by atoms with van der Waals surface area (Å²) in [6, 6.07) is 20.9. The van der Waals surface area contributed by atoms with Gasteiger partial charge in [-0.1, -0.05) is 44.2 Å². The molecular formula is C28H33FN2OS. The summed E-state index contributed by atoms with van der Waals surface area (Å²) >= 11 is 1.84. The number of carbonyl (C=O) groups excluding carboxylic acids is 1. The Balaban J connectivity index is 1.57. The molecule has 0 radical (unpaired) electrons. The first-order chi connectivity index (χ1) is 15.9. The summed E-state index contributed by atoms with van der Waals surface area (Å²) in [5, 5.41) is 0. The van der Waals surface area contributed by atoms with E-state index >= 15 is 0 Å². The quantitative estimate of drug-likeness (QED) is 0.396. The summed E-state index contributed by atoms with van der Waals surface area (Å²) < 4.78 is 13.6. The molecule has 0 spiro atoms. The molecule has 1 saturated heterocycles. The van der Waals surface area contributed by atoms with Gasteiger partial charge in [0.2, 0.25) is 0 Å². The van der Waals surface area contributed by atoms with E-state index in [2.05, 4.69) is 37.8 Å². The van der Waals surface area contributed by atoms with Crippen molar-refractivity contribution in [2.24, 2.45) is 11.8 Å². The largest absolute Gasteiger partial charge is 0.338 e. The minimum Gasteiger partial charge on any atom is -0.338 e. The molecule has 1 fully saturated rings. The molecule has 5 heteroatoms. The van der Waals surface area contributed by atoms with Crippen LogP contribution in [0.15, 0.2) is 66.7 Å². The maximum absolute atomic E-state index is 13.6. The van der Waals surface area contributed by atoms with Crippen LogP contribution in [0.5, 0.6) is 0 Å². The van der Waals surface area contributed by atoms with E-state index in [1.807, 2.05) is 58.7 Å². The molecule has 0 unspecified atom stereocenters. The topological polar surface area (TPSA) is 23.6 Å². The summed E-state index contributed by atoms with van der Waals surface area (Å²) in [6.45, 7) is 10.6. The van der Waals surface area contributed by atoms with E-state index in [0.29, 0.717) is 18.4 Å². The predicted molar refractivity (Wildman–Crippen MR) is 134 cm³/mol. The number of rotatable bonds is 8. The fourth-order valence-corrected chi connectivity index (χ4v) is 5.81. The van der Waals surface area contributed by atoms with Crippen LogP contribution in [0.1, 0.15) is 45.4 Å². The Kier molecular flexibility index (Phi) is 7.61. The molecule has 1 aliphatic rings. The van der Waals surface area contributed by atoms with E-state index in [1.54, 1.807) is 12.1 Å². The lowest BCUT2D eigenvalue weighted by Gasteiger charge is -2.30. The number of carbonyl (C=O) groups is 1. The first kappa shape index (κ1) is 23.7. The van der Waals surface area contributed by atoms with E-state index < -0.39 is 0 Å². The first-order valence-electron chi connectivity index (χ1n) is 11.8. The van der Waals surface area contributed by atoms with Gasteiger partial charge in [0.1, 0.15) is 5.82 Å². The van der Waals surface area contributed by atoms with Crippen molar-refractivity contribution in [3.8, 4) is 0 Å². The summed E-state index contributed by atoms with van der Waals surface area (Å²) in [7, 11) is 0. The molecule has 1 aromatic heterocycles. The van der Waals surface area contributed by atoms with Gasteiger partial charge in [-0.15, -0.1) is 11.3 Å². The van der Waals surface area contributed by atoms with E-state index in [-0.39, 0.29) is 17.6 Å². The monoisotopic (exact) mass is 464 g/mol. The molecule has 1 aliphatic heterocycles. The van der Waals surface area contributed by atoms with Gasteiger partial charge in [0.05, 0.1) is 0 Å². The molecule has 3 nitrogen and oxygen atoms in total. The summed E-state index contributed by atoms with van der Waals surface area (Å²) in [6.07, 6.45) is 0. The van der Waals surface area contributed by atoms with Crippen LogP contribution in [0.2, 0.25) is 0 Å².